The average Bonchev–Trinajstić information content (AvgIpc) is 2.56. The zero-order valence-electron chi connectivity index (χ0n) is 10.4. The second-order valence-electron chi connectivity index (χ2n) is 4.62. The van der Waals surface area contributed by atoms with Crippen molar-refractivity contribution in [2.45, 2.75) is 52.5 Å². The van der Waals surface area contributed by atoms with Crippen LogP contribution >= 0.6 is 0 Å². The smallest absolute Gasteiger partial charge is 0.416 e. The summed E-state index contributed by atoms with van der Waals surface area (Å²) in [7, 11) is 0. The summed E-state index contributed by atoms with van der Waals surface area (Å²) < 4.78 is 4.82. The Balaban J connectivity index is 2.37. The molecule has 0 aromatic heterocycles. The van der Waals surface area contributed by atoms with Crippen LogP contribution in [0, 0.1) is 5.92 Å². The first-order chi connectivity index (χ1) is 7.56. The van der Waals surface area contributed by atoms with Crippen molar-refractivity contribution in [3.63, 3.8) is 0 Å². The summed E-state index contributed by atoms with van der Waals surface area (Å²) in [6, 6.07) is -0.110. The Kier molecular flexibility index (Phi) is 4.77. The monoisotopic (exact) mass is 227 g/mol. The summed E-state index contributed by atoms with van der Waals surface area (Å²) in [4.78, 5) is 24.3. The third-order valence-corrected chi connectivity index (χ3v) is 2.99. The largest absolute Gasteiger partial charge is 0.447 e. The van der Waals surface area contributed by atoms with Crippen molar-refractivity contribution >= 4 is 12.0 Å². The molecule has 1 saturated heterocycles. The van der Waals surface area contributed by atoms with Crippen molar-refractivity contribution in [1.82, 2.24) is 4.90 Å². The molecular weight excluding hydrogens is 206 g/mol. The maximum absolute atomic E-state index is 11.8. The van der Waals surface area contributed by atoms with Crippen LogP contribution in [0.4, 0.5) is 4.79 Å². The number of amides is 2. The van der Waals surface area contributed by atoms with Crippen LogP contribution in [0.1, 0.15) is 46.5 Å². The van der Waals surface area contributed by atoms with Crippen molar-refractivity contribution in [3.8, 4) is 0 Å². The molecule has 0 saturated carbocycles. The van der Waals surface area contributed by atoms with E-state index < -0.39 is 6.09 Å². The molecule has 0 aliphatic carbocycles. The Hall–Kier alpha value is -1.06. The predicted octanol–water partition coefficient (Wildman–Crippen LogP) is 2.57. The van der Waals surface area contributed by atoms with E-state index in [1.807, 2.05) is 6.92 Å². The maximum atomic E-state index is 11.8. The van der Waals surface area contributed by atoms with Gasteiger partial charge in [0.1, 0.15) is 6.61 Å². The number of imide groups is 1. The minimum absolute atomic E-state index is 0.0991. The lowest BCUT2D eigenvalue weighted by Crippen LogP contribution is -2.37. The van der Waals surface area contributed by atoms with Crippen LogP contribution in [0.3, 0.4) is 0 Å². The molecule has 0 spiro atoms. The second kappa shape index (κ2) is 5.87. The van der Waals surface area contributed by atoms with Gasteiger partial charge in [-0.1, -0.05) is 26.7 Å². The lowest BCUT2D eigenvalue weighted by Gasteiger charge is -2.17. The van der Waals surface area contributed by atoms with Gasteiger partial charge >= 0.3 is 6.09 Å². The average molecular weight is 227 g/mol. The van der Waals surface area contributed by atoms with E-state index in [9.17, 15) is 9.59 Å². The molecule has 4 nitrogen and oxygen atoms in total. The summed E-state index contributed by atoms with van der Waals surface area (Å²) in [5, 5.41) is 0. The topological polar surface area (TPSA) is 46.6 Å². The maximum Gasteiger partial charge on any atom is 0.416 e. The molecule has 0 radical (unpaired) electrons. The van der Waals surface area contributed by atoms with Gasteiger partial charge in [0.2, 0.25) is 5.91 Å². The number of nitrogens with zero attached hydrogens (tertiary/aromatic N) is 1. The Morgan fingerprint density at radius 3 is 2.75 bits per heavy atom. The molecule has 4 heteroatoms. The Morgan fingerprint density at radius 2 is 2.25 bits per heavy atom. The molecule has 1 fully saturated rings. The molecule has 1 heterocycles. The van der Waals surface area contributed by atoms with Gasteiger partial charge in [-0.2, -0.15) is 0 Å². The zero-order valence-corrected chi connectivity index (χ0v) is 10.4. The van der Waals surface area contributed by atoms with Crippen LogP contribution in [0.5, 0.6) is 0 Å². The van der Waals surface area contributed by atoms with Crippen LogP contribution in [-0.2, 0) is 9.53 Å². The minimum Gasteiger partial charge on any atom is -0.447 e. The van der Waals surface area contributed by atoms with E-state index in [0.29, 0.717) is 18.9 Å². The molecule has 0 aromatic rings. The molecule has 92 valence electrons. The zero-order chi connectivity index (χ0) is 12.1. The summed E-state index contributed by atoms with van der Waals surface area (Å²) in [5.74, 6) is 0.445. The van der Waals surface area contributed by atoms with Crippen LogP contribution in [0.25, 0.3) is 0 Å². The fourth-order valence-corrected chi connectivity index (χ4v) is 1.99. The van der Waals surface area contributed by atoms with Gasteiger partial charge in [0, 0.05) is 6.42 Å². The van der Waals surface area contributed by atoms with Crippen molar-refractivity contribution in [1.29, 1.82) is 0 Å². The number of cyclic esters (lactones) is 1. The molecule has 0 bridgehead atoms. The summed E-state index contributed by atoms with van der Waals surface area (Å²) >= 11 is 0. The first-order valence-electron chi connectivity index (χ1n) is 6.05. The van der Waals surface area contributed by atoms with Gasteiger partial charge in [0.05, 0.1) is 6.04 Å². The van der Waals surface area contributed by atoms with Crippen molar-refractivity contribution in [2.24, 2.45) is 5.92 Å². The molecule has 1 unspecified atom stereocenters. The molecule has 0 aromatic carbocycles. The van der Waals surface area contributed by atoms with Gasteiger partial charge < -0.3 is 4.74 Å². The minimum atomic E-state index is -0.486. The fourth-order valence-electron chi connectivity index (χ4n) is 1.99. The normalized spacial score (nSPS) is 22.1. The van der Waals surface area contributed by atoms with E-state index >= 15 is 0 Å². The SMILES string of the molecule is CCCC(C)CCC(=O)N1C(=O)OC[C@H]1C. The lowest BCUT2D eigenvalue weighted by molar-refractivity contribution is -0.129. The number of carbonyl (C=O) groups excluding carboxylic acids is 2. The van der Waals surface area contributed by atoms with Crippen LogP contribution in [0.15, 0.2) is 0 Å². The number of rotatable bonds is 5. The molecule has 0 N–H and O–H groups in total. The molecule has 2 atom stereocenters. The van der Waals surface area contributed by atoms with Crippen molar-refractivity contribution in [2.75, 3.05) is 6.61 Å². The van der Waals surface area contributed by atoms with Gasteiger partial charge in [-0.3, -0.25) is 4.79 Å². The molecule has 1 aliphatic heterocycles. The van der Waals surface area contributed by atoms with Gasteiger partial charge in [-0.15, -0.1) is 0 Å². The highest BCUT2D eigenvalue weighted by atomic mass is 16.6. The lowest BCUT2D eigenvalue weighted by atomic mass is 10.00. The first-order valence-corrected chi connectivity index (χ1v) is 6.05. The molecular formula is C12H21NO3. The number of ether oxygens (including phenoxy) is 1. The third kappa shape index (κ3) is 3.22. The number of hydrogen-bond donors (Lipinski definition) is 0. The summed E-state index contributed by atoms with van der Waals surface area (Å²) in [6.45, 7) is 6.44. The van der Waals surface area contributed by atoms with E-state index in [4.69, 9.17) is 4.74 Å². The highest BCUT2D eigenvalue weighted by Gasteiger charge is 2.34. The summed E-state index contributed by atoms with van der Waals surface area (Å²) in [6.07, 6.45) is 3.08. The van der Waals surface area contributed by atoms with Crippen LogP contribution in [-0.4, -0.2) is 29.5 Å². The predicted molar refractivity (Wildman–Crippen MR) is 61.0 cm³/mol. The van der Waals surface area contributed by atoms with Crippen LogP contribution < -0.4 is 0 Å². The quantitative estimate of drug-likeness (QED) is 0.725. The number of hydrogen-bond acceptors (Lipinski definition) is 3. The molecule has 2 amide bonds. The van der Waals surface area contributed by atoms with Gasteiger partial charge in [-0.25, -0.2) is 9.69 Å². The van der Waals surface area contributed by atoms with E-state index in [1.54, 1.807) is 0 Å². The van der Waals surface area contributed by atoms with Gasteiger partial charge in [0.25, 0.3) is 0 Å². The third-order valence-electron chi connectivity index (χ3n) is 2.99. The van der Waals surface area contributed by atoms with Crippen molar-refractivity contribution in [3.05, 3.63) is 0 Å². The second-order valence-corrected chi connectivity index (χ2v) is 4.62. The number of carbonyl (C=O) groups is 2. The van der Waals surface area contributed by atoms with E-state index in [-0.39, 0.29) is 11.9 Å². The Morgan fingerprint density at radius 1 is 1.56 bits per heavy atom. The highest BCUT2D eigenvalue weighted by Crippen LogP contribution is 2.17. The van der Waals surface area contributed by atoms with Crippen molar-refractivity contribution < 1.29 is 14.3 Å². The summed E-state index contributed by atoms with van der Waals surface area (Å²) in [5.41, 5.74) is 0. The standard InChI is InChI=1S/C12H21NO3/c1-4-5-9(2)6-7-11(14)13-10(3)8-16-12(13)15/h9-10H,4-8H2,1-3H3/t9?,10-/m1/s1. The van der Waals surface area contributed by atoms with Crippen LogP contribution in [0.2, 0.25) is 0 Å². The fraction of sp³-hybridized carbons (Fsp3) is 0.833. The molecule has 16 heavy (non-hydrogen) atoms. The van der Waals surface area contributed by atoms with E-state index in [0.717, 1.165) is 19.3 Å². The molecule has 1 rings (SSSR count). The first kappa shape index (κ1) is 13.0. The molecule has 1 aliphatic rings. The van der Waals surface area contributed by atoms with Gasteiger partial charge in [-0.05, 0) is 19.3 Å². The van der Waals surface area contributed by atoms with E-state index in [2.05, 4.69) is 13.8 Å². The van der Waals surface area contributed by atoms with Gasteiger partial charge in [0.15, 0.2) is 0 Å². The highest BCUT2D eigenvalue weighted by molar-refractivity contribution is 5.93. The van der Waals surface area contributed by atoms with E-state index in [1.165, 1.54) is 4.90 Å². The Bertz CT molecular complexity index is 265. The Labute approximate surface area is 96.9 Å².